The largest absolute Gasteiger partial charge is 0.508 e. The number of aromatic hydroxyl groups is 1. The van der Waals surface area contributed by atoms with E-state index in [1.54, 1.807) is 17.0 Å². The molecule has 2 rings (SSSR count). The van der Waals surface area contributed by atoms with Gasteiger partial charge in [0, 0.05) is 31.9 Å². The number of ether oxygens (including phenoxy) is 1. The minimum atomic E-state index is -0.00287. The Labute approximate surface area is 101 Å². The first-order valence-corrected chi connectivity index (χ1v) is 5.82. The normalized spacial score (nSPS) is 16.8. The molecular weight excluding hydrogens is 218 g/mol. The molecule has 1 aliphatic rings. The summed E-state index contributed by atoms with van der Waals surface area (Å²) in [6.07, 6.45) is 1.78. The molecule has 1 fully saturated rings. The minimum Gasteiger partial charge on any atom is -0.508 e. The van der Waals surface area contributed by atoms with Crippen molar-refractivity contribution in [2.45, 2.75) is 18.9 Å². The number of benzene rings is 1. The molecule has 0 atom stereocenters. The van der Waals surface area contributed by atoms with Gasteiger partial charge in [-0.15, -0.1) is 0 Å². The second-order valence-electron chi connectivity index (χ2n) is 4.31. The zero-order valence-electron chi connectivity index (χ0n) is 9.93. The highest BCUT2D eigenvalue weighted by Crippen LogP contribution is 2.17. The Hall–Kier alpha value is -1.55. The zero-order chi connectivity index (χ0) is 12.3. The van der Waals surface area contributed by atoms with Gasteiger partial charge in [0.25, 0.3) is 5.91 Å². The Morgan fingerprint density at radius 3 is 2.47 bits per heavy atom. The standard InChI is InChI=1S/C13H17NO3/c1-14(11-6-8-17-9-7-11)13(16)10-2-4-12(15)5-3-10/h2-5,11,15H,6-9H2,1H3. The van der Waals surface area contributed by atoms with E-state index in [0.29, 0.717) is 5.56 Å². The SMILES string of the molecule is CN(C(=O)c1ccc(O)cc1)C1CCOCC1. The van der Waals surface area contributed by atoms with Crippen LogP contribution in [0.15, 0.2) is 24.3 Å². The summed E-state index contributed by atoms with van der Waals surface area (Å²) >= 11 is 0. The molecule has 4 nitrogen and oxygen atoms in total. The minimum absolute atomic E-state index is 0.00287. The topological polar surface area (TPSA) is 49.8 Å². The predicted molar refractivity (Wildman–Crippen MR) is 64.0 cm³/mol. The summed E-state index contributed by atoms with van der Waals surface area (Å²) in [7, 11) is 1.82. The fraction of sp³-hybridized carbons (Fsp3) is 0.462. The fourth-order valence-electron chi connectivity index (χ4n) is 2.05. The van der Waals surface area contributed by atoms with Crippen molar-refractivity contribution >= 4 is 5.91 Å². The summed E-state index contributed by atoms with van der Waals surface area (Å²) < 4.78 is 5.28. The van der Waals surface area contributed by atoms with Crippen LogP contribution in [0.25, 0.3) is 0 Å². The molecule has 0 unspecified atom stereocenters. The molecule has 0 bridgehead atoms. The van der Waals surface area contributed by atoms with Gasteiger partial charge in [-0.05, 0) is 37.1 Å². The van der Waals surface area contributed by atoms with Crippen LogP contribution in [0.5, 0.6) is 5.75 Å². The van der Waals surface area contributed by atoms with Crippen molar-refractivity contribution in [3.8, 4) is 5.75 Å². The van der Waals surface area contributed by atoms with Crippen LogP contribution < -0.4 is 0 Å². The number of amides is 1. The number of carbonyl (C=O) groups excluding carboxylic acids is 1. The first kappa shape index (κ1) is 11.9. The van der Waals surface area contributed by atoms with Crippen molar-refractivity contribution in [2.24, 2.45) is 0 Å². The van der Waals surface area contributed by atoms with Crippen molar-refractivity contribution in [1.82, 2.24) is 4.90 Å². The highest BCUT2D eigenvalue weighted by Gasteiger charge is 2.23. The molecule has 17 heavy (non-hydrogen) atoms. The predicted octanol–water partition coefficient (Wildman–Crippen LogP) is 1.64. The van der Waals surface area contributed by atoms with Crippen LogP contribution in [0, 0.1) is 0 Å². The van der Waals surface area contributed by atoms with Gasteiger partial charge in [-0.3, -0.25) is 4.79 Å². The molecular formula is C13H17NO3. The van der Waals surface area contributed by atoms with Gasteiger partial charge in [0.05, 0.1) is 0 Å². The van der Waals surface area contributed by atoms with Crippen LogP contribution in [0.3, 0.4) is 0 Å². The Bertz CT molecular complexity index is 382. The van der Waals surface area contributed by atoms with E-state index in [9.17, 15) is 9.90 Å². The number of phenols is 1. The smallest absolute Gasteiger partial charge is 0.253 e. The Morgan fingerprint density at radius 1 is 1.29 bits per heavy atom. The third kappa shape index (κ3) is 2.77. The van der Waals surface area contributed by atoms with Gasteiger partial charge in [0.2, 0.25) is 0 Å². The van der Waals surface area contributed by atoms with E-state index >= 15 is 0 Å². The van der Waals surface area contributed by atoms with Crippen molar-refractivity contribution in [1.29, 1.82) is 0 Å². The maximum absolute atomic E-state index is 12.2. The van der Waals surface area contributed by atoms with Crippen molar-refractivity contribution in [3.05, 3.63) is 29.8 Å². The number of hydrogen-bond donors (Lipinski definition) is 1. The molecule has 0 spiro atoms. The van der Waals surface area contributed by atoms with Gasteiger partial charge in [-0.1, -0.05) is 0 Å². The Morgan fingerprint density at radius 2 is 1.88 bits per heavy atom. The molecule has 92 valence electrons. The molecule has 0 saturated carbocycles. The molecule has 1 heterocycles. The van der Waals surface area contributed by atoms with E-state index in [1.807, 2.05) is 7.05 Å². The van der Waals surface area contributed by atoms with Gasteiger partial charge >= 0.3 is 0 Å². The number of carbonyl (C=O) groups is 1. The van der Waals surface area contributed by atoms with Crippen molar-refractivity contribution < 1.29 is 14.6 Å². The third-order valence-electron chi connectivity index (χ3n) is 3.17. The lowest BCUT2D eigenvalue weighted by Crippen LogP contribution is -2.40. The quantitative estimate of drug-likeness (QED) is 0.847. The molecule has 1 aromatic rings. The number of phenolic OH excluding ortho intramolecular Hbond substituents is 1. The Balaban J connectivity index is 2.05. The molecule has 1 N–H and O–H groups in total. The maximum Gasteiger partial charge on any atom is 0.253 e. The van der Waals surface area contributed by atoms with Gasteiger partial charge in [0.15, 0.2) is 0 Å². The molecule has 0 radical (unpaired) electrons. The van der Waals surface area contributed by atoms with E-state index in [2.05, 4.69) is 0 Å². The first-order valence-electron chi connectivity index (χ1n) is 5.82. The van der Waals surface area contributed by atoms with Gasteiger partial charge in [-0.25, -0.2) is 0 Å². The summed E-state index contributed by atoms with van der Waals surface area (Å²) in [6.45, 7) is 1.44. The van der Waals surface area contributed by atoms with E-state index in [1.165, 1.54) is 12.1 Å². The highest BCUT2D eigenvalue weighted by molar-refractivity contribution is 5.94. The average Bonchev–Trinajstić information content (AvgIpc) is 2.39. The highest BCUT2D eigenvalue weighted by atomic mass is 16.5. The summed E-state index contributed by atoms with van der Waals surface area (Å²) in [5, 5.41) is 9.18. The van der Waals surface area contributed by atoms with Gasteiger partial charge < -0.3 is 14.7 Å². The lowest BCUT2D eigenvalue weighted by Gasteiger charge is -2.31. The summed E-state index contributed by atoms with van der Waals surface area (Å²) in [6, 6.07) is 6.61. The van der Waals surface area contributed by atoms with E-state index in [-0.39, 0.29) is 17.7 Å². The lowest BCUT2D eigenvalue weighted by atomic mass is 10.1. The first-order chi connectivity index (χ1) is 8.18. The molecule has 1 aromatic carbocycles. The van der Waals surface area contributed by atoms with Gasteiger partial charge in [0.1, 0.15) is 5.75 Å². The maximum atomic E-state index is 12.2. The third-order valence-corrected chi connectivity index (χ3v) is 3.17. The van der Waals surface area contributed by atoms with Crippen molar-refractivity contribution in [3.63, 3.8) is 0 Å². The monoisotopic (exact) mass is 235 g/mol. The number of nitrogens with zero attached hydrogens (tertiary/aromatic N) is 1. The van der Waals surface area contributed by atoms with E-state index in [4.69, 9.17) is 4.74 Å². The second kappa shape index (κ2) is 5.19. The lowest BCUT2D eigenvalue weighted by molar-refractivity contribution is 0.0362. The molecule has 0 aromatic heterocycles. The Kier molecular flexibility index (Phi) is 3.64. The van der Waals surface area contributed by atoms with Crippen LogP contribution >= 0.6 is 0 Å². The molecule has 0 aliphatic carbocycles. The summed E-state index contributed by atoms with van der Waals surface area (Å²) in [4.78, 5) is 13.9. The van der Waals surface area contributed by atoms with Crippen LogP contribution in [0.4, 0.5) is 0 Å². The fourth-order valence-corrected chi connectivity index (χ4v) is 2.05. The van der Waals surface area contributed by atoms with Crippen molar-refractivity contribution in [2.75, 3.05) is 20.3 Å². The van der Waals surface area contributed by atoms with Crippen LogP contribution in [-0.2, 0) is 4.74 Å². The van der Waals surface area contributed by atoms with E-state index in [0.717, 1.165) is 26.1 Å². The zero-order valence-corrected chi connectivity index (χ0v) is 9.93. The number of rotatable bonds is 2. The molecule has 1 aliphatic heterocycles. The van der Waals surface area contributed by atoms with Crippen LogP contribution in [-0.4, -0.2) is 42.2 Å². The molecule has 1 amide bonds. The van der Waals surface area contributed by atoms with Gasteiger partial charge in [-0.2, -0.15) is 0 Å². The summed E-state index contributed by atoms with van der Waals surface area (Å²) in [5.41, 5.74) is 0.608. The van der Waals surface area contributed by atoms with E-state index < -0.39 is 0 Å². The average molecular weight is 235 g/mol. The molecule has 1 saturated heterocycles. The van der Waals surface area contributed by atoms with Crippen LogP contribution in [0.1, 0.15) is 23.2 Å². The molecule has 4 heteroatoms. The second-order valence-corrected chi connectivity index (χ2v) is 4.31. The number of hydrogen-bond acceptors (Lipinski definition) is 3. The summed E-state index contributed by atoms with van der Waals surface area (Å²) in [5.74, 6) is 0.173. The van der Waals surface area contributed by atoms with Crippen LogP contribution in [0.2, 0.25) is 0 Å².